The van der Waals surface area contributed by atoms with Crippen LogP contribution in [0.15, 0.2) is 0 Å². The van der Waals surface area contributed by atoms with Gasteiger partial charge in [-0.3, -0.25) is 9.59 Å². The van der Waals surface area contributed by atoms with E-state index < -0.39 is 17.7 Å². The number of rotatable bonds is 2. The second kappa shape index (κ2) is 3.57. The fraction of sp³-hybridized carbons (Fsp3) is 0.800. The Bertz CT molecular complexity index is 282. The number of ketones is 1. The van der Waals surface area contributed by atoms with Crippen molar-refractivity contribution in [1.82, 2.24) is 0 Å². The van der Waals surface area contributed by atoms with Gasteiger partial charge in [0.25, 0.3) is 0 Å². The highest BCUT2D eigenvalue weighted by atomic mass is 16.9. The molecule has 0 aromatic rings. The fourth-order valence-corrected chi connectivity index (χ4v) is 2.14. The largest absolute Gasteiger partial charge is 0.481 e. The first-order chi connectivity index (χ1) is 7.04. The Morgan fingerprint density at radius 1 is 1.40 bits per heavy atom. The smallest absolute Gasteiger partial charge is 0.314 e. The maximum Gasteiger partial charge on any atom is 0.314 e. The van der Waals surface area contributed by atoms with Crippen LogP contribution in [0.3, 0.4) is 0 Å². The lowest BCUT2D eigenvalue weighted by Gasteiger charge is -2.46. The van der Waals surface area contributed by atoms with Crippen LogP contribution < -0.4 is 0 Å². The van der Waals surface area contributed by atoms with Crippen molar-refractivity contribution in [3.8, 4) is 0 Å². The molecule has 0 unspecified atom stereocenters. The van der Waals surface area contributed by atoms with Crippen LogP contribution in [-0.2, 0) is 19.1 Å². The van der Waals surface area contributed by atoms with Crippen molar-refractivity contribution in [2.45, 2.75) is 45.2 Å². The average Bonchev–Trinajstić information content (AvgIpc) is 2.15. The summed E-state index contributed by atoms with van der Waals surface area (Å²) in [4.78, 5) is 22.3. The molecule has 15 heavy (non-hydrogen) atoms. The van der Waals surface area contributed by atoms with Crippen LogP contribution in [0.2, 0.25) is 0 Å². The Balaban J connectivity index is 2.11. The monoisotopic (exact) mass is 214 g/mol. The lowest BCUT2D eigenvalue weighted by Crippen LogP contribution is -2.56. The van der Waals surface area contributed by atoms with Crippen LogP contribution in [0.4, 0.5) is 0 Å². The van der Waals surface area contributed by atoms with E-state index in [1.807, 2.05) is 0 Å². The first-order valence-corrected chi connectivity index (χ1v) is 5.10. The molecule has 5 heteroatoms. The summed E-state index contributed by atoms with van der Waals surface area (Å²) in [6, 6.07) is 0. The number of carbonyl (C=O) groups excluding carboxylic acids is 1. The van der Waals surface area contributed by atoms with Gasteiger partial charge in [0, 0.05) is 12.8 Å². The minimum atomic E-state index is -1.01. The number of hydrogen-bond donors (Lipinski definition) is 1. The van der Waals surface area contributed by atoms with Crippen LogP contribution in [-0.4, -0.2) is 29.4 Å². The molecule has 1 N–H and O–H groups in total. The molecule has 1 aliphatic carbocycles. The van der Waals surface area contributed by atoms with Crippen LogP contribution in [0.25, 0.3) is 0 Å². The molecule has 1 aliphatic heterocycles. The number of Topliss-reactive ketones (excluding diaryl/α,β-unsaturated/α-hetero) is 1. The molecule has 5 nitrogen and oxygen atoms in total. The molecule has 0 amide bonds. The number of ether oxygens (including phenoxy) is 2. The van der Waals surface area contributed by atoms with Gasteiger partial charge in [0.05, 0.1) is 0 Å². The molecule has 0 spiro atoms. The van der Waals surface area contributed by atoms with Crippen molar-refractivity contribution >= 4 is 11.8 Å². The van der Waals surface area contributed by atoms with Gasteiger partial charge in [0.2, 0.25) is 0 Å². The SMILES string of the molecule is CC1OC(C2(C(=O)O)CCC(=O)CC2)O1. The van der Waals surface area contributed by atoms with Crippen molar-refractivity contribution in [3.05, 3.63) is 0 Å². The zero-order valence-electron chi connectivity index (χ0n) is 8.56. The molecular formula is C10H14O5. The van der Waals surface area contributed by atoms with E-state index in [9.17, 15) is 14.7 Å². The third kappa shape index (κ3) is 1.66. The summed E-state index contributed by atoms with van der Waals surface area (Å²) < 4.78 is 10.5. The number of aliphatic carboxylic acids is 1. The average molecular weight is 214 g/mol. The Morgan fingerprint density at radius 3 is 2.33 bits per heavy atom. The van der Waals surface area contributed by atoms with Crippen LogP contribution in [0, 0.1) is 5.41 Å². The highest BCUT2D eigenvalue weighted by Crippen LogP contribution is 2.44. The highest BCUT2D eigenvalue weighted by molar-refractivity contribution is 5.84. The number of carboxylic acids is 1. The van der Waals surface area contributed by atoms with E-state index in [4.69, 9.17) is 9.47 Å². The van der Waals surface area contributed by atoms with Crippen molar-refractivity contribution < 1.29 is 24.2 Å². The first kappa shape index (κ1) is 10.6. The molecular weight excluding hydrogens is 200 g/mol. The third-order valence-corrected chi connectivity index (χ3v) is 3.21. The van der Waals surface area contributed by atoms with Crippen molar-refractivity contribution in [2.24, 2.45) is 5.41 Å². The molecule has 84 valence electrons. The lowest BCUT2D eigenvalue weighted by molar-refractivity contribution is -0.407. The van der Waals surface area contributed by atoms with E-state index in [1.165, 1.54) is 0 Å². The van der Waals surface area contributed by atoms with Gasteiger partial charge >= 0.3 is 5.97 Å². The van der Waals surface area contributed by atoms with Gasteiger partial charge in [-0.1, -0.05) is 0 Å². The highest BCUT2D eigenvalue weighted by Gasteiger charge is 2.54. The van der Waals surface area contributed by atoms with Gasteiger partial charge in [-0.2, -0.15) is 0 Å². The number of hydrogen-bond acceptors (Lipinski definition) is 4. The Morgan fingerprint density at radius 2 is 1.93 bits per heavy atom. The lowest BCUT2D eigenvalue weighted by atomic mass is 9.72. The molecule has 0 bridgehead atoms. The van der Waals surface area contributed by atoms with Crippen molar-refractivity contribution in [1.29, 1.82) is 0 Å². The predicted octanol–water partition coefficient (Wildman–Crippen LogP) is 0.919. The van der Waals surface area contributed by atoms with E-state index in [0.717, 1.165) is 0 Å². The second-order valence-electron chi connectivity index (χ2n) is 4.17. The van der Waals surface area contributed by atoms with E-state index in [0.29, 0.717) is 25.7 Å². The van der Waals surface area contributed by atoms with Gasteiger partial charge in [-0.15, -0.1) is 0 Å². The summed E-state index contributed by atoms with van der Waals surface area (Å²) in [7, 11) is 0. The van der Waals surface area contributed by atoms with E-state index in [-0.39, 0.29) is 12.1 Å². The standard InChI is InChI=1S/C10H14O5/c1-6-14-9(15-6)10(8(12)13)4-2-7(11)3-5-10/h6,9H,2-5H2,1H3,(H,12,13). The van der Waals surface area contributed by atoms with Gasteiger partial charge < -0.3 is 14.6 Å². The topological polar surface area (TPSA) is 72.8 Å². The van der Waals surface area contributed by atoms with Gasteiger partial charge in [0.1, 0.15) is 11.2 Å². The van der Waals surface area contributed by atoms with Crippen LogP contribution >= 0.6 is 0 Å². The predicted molar refractivity (Wildman–Crippen MR) is 49.0 cm³/mol. The zero-order chi connectivity index (χ0) is 11.1. The normalized spacial score (nSPS) is 34.6. The van der Waals surface area contributed by atoms with Crippen LogP contribution in [0.5, 0.6) is 0 Å². The molecule has 1 heterocycles. The maximum atomic E-state index is 11.3. The van der Waals surface area contributed by atoms with Crippen molar-refractivity contribution in [3.63, 3.8) is 0 Å². The summed E-state index contributed by atoms with van der Waals surface area (Å²) >= 11 is 0. The number of carbonyl (C=O) groups is 2. The Hall–Kier alpha value is -0.940. The minimum Gasteiger partial charge on any atom is -0.481 e. The Labute approximate surface area is 87.4 Å². The maximum absolute atomic E-state index is 11.3. The molecule has 0 atom stereocenters. The molecule has 1 saturated carbocycles. The second-order valence-corrected chi connectivity index (χ2v) is 4.17. The summed E-state index contributed by atoms with van der Waals surface area (Å²) in [5, 5.41) is 9.23. The molecule has 0 aromatic heterocycles. The summed E-state index contributed by atoms with van der Waals surface area (Å²) in [6.07, 6.45) is 0.243. The van der Waals surface area contributed by atoms with Crippen LogP contribution in [0.1, 0.15) is 32.6 Å². The van der Waals surface area contributed by atoms with Gasteiger partial charge in [-0.05, 0) is 19.8 Å². The third-order valence-electron chi connectivity index (χ3n) is 3.21. The molecule has 1 saturated heterocycles. The van der Waals surface area contributed by atoms with Gasteiger partial charge in [0.15, 0.2) is 12.6 Å². The fourth-order valence-electron chi connectivity index (χ4n) is 2.14. The zero-order valence-corrected chi connectivity index (χ0v) is 8.56. The number of carboxylic acid groups (broad SMARTS) is 1. The quantitative estimate of drug-likeness (QED) is 0.739. The van der Waals surface area contributed by atoms with Gasteiger partial charge in [-0.25, -0.2) is 0 Å². The first-order valence-electron chi connectivity index (χ1n) is 5.10. The summed E-state index contributed by atoms with van der Waals surface area (Å²) in [5.74, 6) is -0.800. The van der Waals surface area contributed by atoms with E-state index in [2.05, 4.69) is 0 Å². The summed E-state index contributed by atoms with van der Waals surface area (Å²) in [6.45, 7) is 1.72. The van der Waals surface area contributed by atoms with Crippen molar-refractivity contribution in [2.75, 3.05) is 0 Å². The molecule has 2 fully saturated rings. The molecule has 2 rings (SSSR count). The Kier molecular flexibility index (Phi) is 2.52. The van der Waals surface area contributed by atoms with E-state index >= 15 is 0 Å². The molecule has 0 aromatic carbocycles. The molecule has 0 radical (unpaired) electrons. The molecule has 2 aliphatic rings. The van der Waals surface area contributed by atoms with E-state index in [1.54, 1.807) is 6.92 Å². The summed E-state index contributed by atoms with van der Waals surface area (Å²) in [5.41, 5.74) is -1.01. The minimum absolute atomic E-state index is 0.124.